The predicted molar refractivity (Wildman–Crippen MR) is 73.8 cm³/mol. The number of hydrogen-bond donors (Lipinski definition) is 3. The molecule has 0 fully saturated rings. The molecule has 3 N–H and O–H groups in total. The van der Waals surface area contributed by atoms with Crippen LogP contribution in [0.15, 0.2) is 36.4 Å². The first-order valence-corrected chi connectivity index (χ1v) is 5.89. The maximum atomic E-state index is 11.5. The highest BCUT2D eigenvalue weighted by atomic mass is 16.2. The number of carbonyl (C=O) groups is 1. The summed E-state index contributed by atoms with van der Waals surface area (Å²) in [5.41, 5.74) is 1.64. The Kier molecular flexibility index (Phi) is 5.44. The standard InChI is InChI=1S/C11H12N4O.C2H6/c1-8-7-10(15-14-8)13-11(16)12-9-5-3-2-4-6-9;1-2/h2-7H,1H3,(H3,12,13,14,15,16);1-2H3. The van der Waals surface area contributed by atoms with Gasteiger partial charge in [-0.2, -0.15) is 5.10 Å². The van der Waals surface area contributed by atoms with Crippen molar-refractivity contribution in [3.05, 3.63) is 42.1 Å². The van der Waals surface area contributed by atoms with Gasteiger partial charge in [0.2, 0.25) is 0 Å². The highest BCUT2D eigenvalue weighted by molar-refractivity contribution is 5.99. The van der Waals surface area contributed by atoms with Gasteiger partial charge >= 0.3 is 6.03 Å². The number of benzene rings is 1. The third kappa shape index (κ3) is 4.29. The molecule has 0 aliphatic heterocycles. The van der Waals surface area contributed by atoms with E-state index in [1.54, 1.807) is 6.07 Å². The average molecular weight is 246 g/mol. The predicted octanol–water partition coefficient (Wildman–Crippen LogP) is 3.39. The molecule has 1 aromatic heterocycles. The smallest absolute Gasteiger partial charge is 0.308 e. The lowest BCUT2D eigenvalue weighted by Gasteiger charge is -2.04. The summed E-state index contributed by atoms with van der Waals surface area (Å²) < 4.78 is 0. The molecule has 96 valence electrons. The highest BCUT2D eigenvalue weighted by Crippen LogP contribution is 2.07. The summed E-state index contributed by atoms with van der Waals surface area (Å²) in [7, 11) is 0. The number of amides is 2. The molecule has 0 spiro atoms. The molecule has 2 amide bonds. The number of urea groups is 1. The van der Waals surface area contributed by atoms with E-state index in [1.165, 1.54) is 0 Å². The zero-order chi connectivity index (χ0) is 13.4. The van der Waals surface area contributed by atoms with Crippen LogP contribution in [0, 0.1) is 6.92 Å². The van der Waals surface area contributed by atoms with Crippen LogP contribution in [0.2, 0.25) is 0 Å². The molecule has 1 aromatic carbocycles. The molecule has 5 heteroatoms. The lowest BCUT2D eigenvalue weighted by Crippen LogP contribution is -2.19. The van der Waals surface area contributed by atoms with E-state index in [2.05, 4.69) is 20.8 Å². The van der Waals surface area contributed by atoms with Gasteiger partial charge in [0.25, 0.3) is 0 Å². The van der Waals surface area contributed by atoms with E-state index in [-0.39, 0.29) is 6.03 Å². The van der Waals surface area contributed by atoms with Gasteiger partial charge in [-0.3, -0.25) is 10.4 Å². The summed E-state index contributed by atoms with van der Waals surface area (Å²) in [6, 6.07) is 10.7. The van der Waals surface area contributed by atoms with Crippen molar-refractivity contribution in [2.75, 3.05) is 10.6 Å². The van der Waals surface area contributed by atoms with E-state index in [0.29, 0.717) is 5.82 Å². The van der Waals surface area contributed by atoms with Crippen LogP contribution in [-0.4, -0.2) is 16.2 Å². The lowest BCUT2D eigenvalue weighted by atomic mass is 10.3. The van der Waals surface area contributed by atoms with Crippen molar-refractivity contribution in [3.63, 3.8) is 0 Å². The van der Waals surface area contributed by atoms with Crippen molar-refractivity contribution in [2.24, 2.45) is 0 Å². The van der Waals surface area contributed by atoms with Gasteiger partial charge in [0, 0.05) is 17.4 Å². The molecular weight excluding hydrogens is 228 g/mol. The zero-order valence-electron chi connectivity index (χ0n) is 10.8. The highest BCUT2D eigenvalue weighted by Gasteiger charge is 2.03. The largest absolute Gasteiger partial charge is 0.324 e. The van der Waals surface area contributed by atoms with Gasteiger partial charge in [-0.25, -0.2) is 4.79 Å². The van der Waals surface area contributed by atoms with E-state index < -0.39 is 0 Å². The molecule has 2 aromatic rings. The molecule has 0 atom stereocenters. The minimum Gasteiger partial charge on any atom is -0.308 e. The Morgan fingerprint density at radius 1 is 1.17 bits per heavy atom. The summed E-state index contributed by atoms with van der Waals surface area (Å²) in [6.45, 7) is 5.87. The molecule has 5 nitrogen and oxygen atoms in total. The first kappa shape index (κ1) is 13.8. The maximum absolute atomic E-state index is 11.5. The van der Waals surface area contributed by atoms with E-state index in [0.717, 1.165) is 11.4 Å². The Morgan fingerprint density at radius 2 is 1.83 bits per heavy atom. The lowest BCUT2D eigenvalue weighted by molar-refractivity contribution is 0.262. The van der Waals surface area contributed by atoms with Crippen molar-refractivity contribution >= 4 is 17.5 Å². The fourth-order valence-electron chi connectivity index (χ4n) is 1.28. The minimum atomic E-state index is -0.308. The van der Waals surface area contributed by atoms with Crippen LogP contribution in [-0.2, 0) is 0 Å². The molecule has 0 aliphatic rings. The van der Waals surface area contributed by atoms with Gasteiger partial charge in [0.1, 0.15) is 0 Å². The van der Waals surface area contributed by atoms with Crippen LogP contribution in [0.4, 0.5) is 16.3 Å². The summed E-state index contributed by atoms with van der Waals surface area (Å²) in [5, 5.41) is 12.0. The molecule has 2 rings (SSSR count). The maximum Gasteiger partial charge on any atom is 0.324 e. The Labute approximate surface area is 107 Å². The number of carbonyl (C=O) groups excluding carboxylic acids is 1. The van der Waals surface area contributed by atoms with E-state index in [1.807, 2.05) is 51.1 Å². The van der Waals surface area contributed by atoms with Crippen molar-refractivity contribution in [3.8, 4) is 0 Å². The summed E-state index contributed by atoms with van der Waals surface area (Å²) in [6.07, 6.45) is 0. The Morgan fingerprint density at radius 3 is 2.39 bits per heavy atom. The second kappa shape index (κ2) is 7.11. The van der Waals surface area contributed by atoms with Crippen molar-refractivity contribution in [1.82, 2.24) is 10.2 Å². The van der Waals surface area contributed by atoms with Crippen molar-refractivity contribution in [1.29, 1.82) is 0 Å². The number of rotatable bonds is 2. The zero-order valence-corrected chi connectivity index (χ0v) is 10.8. The monoisotopic (exact) mass is 246 g/mol. The number of aromatic amines is 1. The van der Waals surface area contributed by atoms with Gasteiger partial charge in [-0.1, -0.05) is 32.0 Å². The number of nitrogens with one attached hydrogen (secondary N) is 3. The van der Waals surface area contributed by atoms with Crippen LogP contribution >= 0.6 is 0 Å². The molecule has 0 radical (unpaired) electrons. The van der Waals surface area contributed by atoms with E-state index in [9.17, 15) is 4.79 Å². The van der Waals surface area contributed by atoms with Gasteiger partial charge in [0.05, 0.1) is 0 Å². The topological polar surface area (TPSA) is 69.8 Å². The molecular formula is C13H18N4O. The van der Waals surface area contributed by atoms with Crippen LogP contribution in [0.25, 0.3) is 0 Å². The number of hydrogen-bond acceptors (Lipinski definition) is 2. The third-order valence-electron chi connectivity index (χ3n) is 1.98. The fourth-order valence-corrected chi connectivity index (χ4v) is 1.28. The second-order valence-electron chi connectivity index (χ2n) is 3.38. The minimum absolute atomic E-state index is 0.308. The van der Waals surface area contributed by atoms with E-state index >= 15 is 0 Å². The summed E-state index contributed by atoms with van der Waals surface area (Å²) in [5.74, 6) is 0.505. The number of aromatic nitrogens is 2. The number of aryl methyl sites for hydroxylation is 1. The molecule has 18 heavy (non-hydrogen) atoms. The molecule has 0 aliphatic carbocycles. The number of H-pyrrole nitrogens is 1. The van der Waals surface area contributed by atoms with Gasteiger partial charge in [-0.15, -0.1) is 0 Å². The number of anilines is 2. The van der Waals surface area contributed by atoms with Gasteiger partial charge in [0.15, 0.2) is 5.82 Å². The quantitative estimate of drug-likeness (QED) is 0.760. The normalized spacial score (nSPS) is 9.06. The SMILES string of the molecule is CC.Cc1cc(NC(=O)Nc2ccccc2)n[nH]1. The van der Waals surface area contributed by atoms with Crippen molar-refractivity contribution in [2.45, 2.75) is 20.8 Å². The third-order valence-corrected chi connectivity index (χ3v) is 1.98. The first-order valence-electron chi connectivity index (χ1n) is 5.89. The van der Waals surface area contributed by atoms with Crippen LogP contribution in [0.3, 0.4) is 0 Å². The van der Waals surface area contributed by atoms with Crippen molar-refractivity contribution < 1.29 is 4.79 Å². The second-order valence-corrected chi connectivity index (χ2v) is 3.38. The fraction of sp³-hybridized carbons (Fsp3) is 0.231. The van der Waals surface area contributed by atoms with Gasteiger partial charge in [-0.05, 0) is 19.1 Å². The molecule has 0 saturated carbocycles. The van der Waals surface area contributed by atoms with Crippen LogP contribution < -0.4 is 10.6 Å². The molecule has 0 saturated heterocycles. The van der Waals surface area contributed by atoms with Crippen LogP contribution in [0.1, 0.15) is 19.5 Å². The average Bonchev–Trinajstić information content (AvgIpc) is 2.78. The molecule has 1 heterocycles. The summed E-state index contributed by atoms with van der Waals surface area (Å²) in [4.78, 5) is 11.5. The molecule has 0 unspecified atom stereocenters. The Balaban J connectivity index is 0.000000771. The molecule has 0 bridgehead atoms. The Hall–Kier alpha value is -2.30. The summed E-state index contributed by atoms with van der Waals surface area (Å²) >= 11 is 0. The van der Waals surface area contributed by atoms with Gasteiger partial charge < -0.3 is 5.32 Å². The van der Waals surface area contributed by atoms with E-state index in [4.69, 9.17) is 0 Å². The number of nitrogens with zero attached hydrogens (tertiary/aromatic N) is 1. The van der Waals surface area contributed by atoms with Crippen LogP contribution in [0.5, 0.6) is 0 Å². The Bertz CT molecular complexity index is 479. The number of para-hydroxylation sites is 1. The first-order chi connectivity index (χ1) is 8.74.